The number of fused-ring (bicyclic) bond motifs is 1. The summed E-state index contributed by atoms with van der Waals surface area (Å²) in [7, 11) is 0. The first-order valence-electron chi connectivity index (χ1n) is 8.41. The van der Waals surface area contributed by atoms with Gasteiger partial charge in [-0.05, 0) is 64.5 Å². The first kappa shape index (κ1) is 15.3. The maximum atomic E-state index is 3.64. The van der Waals surface area contributed by atoms with Crippen LogP contribution in [-0.2, 0) is 0 Å². The molecule has 2 rings (SSSR count). The molecular formula is C17H34N2. The van der Waals surface area contributed by atoms with Crippen molar-refractivity contribution in [1.29, 1.82) is 0 Å². The van der Waals surface area contributed by atoms with E-state index in [1.54, 1.807) is 0 Å². The fourth-order valence-corrected chi connectivity index (χ4v) is 3.83. The normalized spacial score (nSPS) is 30.9. The Kier molecular flexibility index (Phi) is 5.30. The molecule has 1 aliphatic carbocycles. The molecular weight excluding hydrogens is 232 g/mol. The van der Waals surface area contributed by atoms with Gasteiger partial charge in [-0.2, -0.15) is 0 Å². The van der Waals surface area contributed by atoms with Crippen molar-refractivity contribution in [3.63, 3.8) is 0 Å². The molecule has 3 unspecified atom stereocenters. The van der Waals surface area contributed by atoms with E-state index >= 15 is 0 Å². The largest absolute Gasteiger partial charge is 0.312 e. The molecule has 3 atom stereocenters. The first-order valence-corrected chi connectivity index (χ1v) is 8.41. The van der Waals surface area contributed by atoms with Crippen molar-refractivity contribution in [2.45, 2.75) is 65.3 Å². The third-order valence-corrected chi connectivity index (χ3v) is 4.93. The third-order valence-electron chi connectivity index (χ3n) is 4.93. The summed E-state index contributed by atoms with van der Waals surface area (Å²) < 4.78 is 0. The molecule has 0 spiro atoms. The highest BCUT2D eigenvalue weighted by Crippen LogP contribution is 2.36. The lowest BCUT2D eigenvalue weighted by Gasteiger charge is -2.42. The maximum absolute atomic E-state index is 3.64. The van der Waals surface area contributed by atoms with Gasteiger partial charge in [0.05, 0.1) is 0 Å². The second-order valence-corrected chi connectivity index (χ2v) is 8.09. The average molecular weight is 266 g/mol. The van der Waals surface area contributed by atoms with Crippen molar-refractivity contribution < 1.29 is 0 Å². The Morgan fingerprint density at radius 2 is 1.79 bits per heavy atom. The molecule has 0 aromatic carbocycles. The van der Waals surface area contributed by atoms with Crippen LogP contribution in [0.3, 0.4) is 0 Å². The van der Waals surface area contributed by atoms with Crippen LogP contribution in [0.25, 0.3) is 0 Å². The molecule has 1 heterocycles. The van der Waals surface area contributed by atoms with E-state index in [4.69, 9.17) is 0 Å². The highest BCUT2D eigenvalue weighted by atomic mass is 15.1. The van der Waals surface area contributed by atoms with Crippen molar-refractivity contribution in [2.24, 2.45) is 17.8 Å². The molecule has 2 fully saturated rings. The van der Waals surface area contributed by atoms with E-state index < -0.39 is 0 Å². The first-order chi connectivity index (χ1) is 8.94. The Morgan fingerprint density at radius 1 is 1.11 bits per heavy atom. The molecule has 0 amide bonds. The molecule has 1 saturated carbocycles. The minimum absolute atomic E-state index is 0.255. The SMILES string of the molecule is CC(CNC(C)(C)C)CN1CCC2CCCCC2C1. The number of nitrogens with zero attached hydrogens (tertiary/aromatic N) is 1. The standard InChI is InChI=1S/C17H34N2/c1-14(11-18-17(2,3)4)12-19-10-9-15-7-5-6-8-16(15)13-19/h14-16,18H,5-13H2,1-4H3. The molecule has 2 aliphatic rings. The minimum atomic E-state index is 0.255. The van der Waals surface area contributed by atoms with E-state index in [9.17, 15) is 0 Å². The molecule has 0 bridgehead atoms. The lowest BCUT2D eigenvalue weighted by Crippen LogP contribution is -2.46. The highest BCUT2D eigenvalue weighted by Gasteiger charge is 2.31. The Bertz CT molecular complexity index is 269. The van der Waals surface area contributed by atoms with Gasteiger partial charge < -0.3 is 10.2 Å². The van der Waals surface area contributed by atoms with Crippen LogP contribution in [0.1, 0.15) is 59.8 Å². The number of hydrogen-bond donors (Lipinski definition) is 1. The topological polar surface area (TPSA) is 15.3 Å². The van der Waals surface area contributed by atoms with E-state index in [-0.39, 0.29) is 5.54 Å². The Balaban J connectivity index is 1.71. The summed E-state index contributed by atoms with van der Waals surface area (Å²) in [4.78, 5) is 2.74. The number of likely N-dealkylation sites (tertiary alicyclic amines) is 1. The van der Waals surface area contributed by atoms with Gasteiger partial charge in [0.15, 0.2) is 0 Å². The van der Waals surface area contributed by atoms with Crippen molar-refractivity contribution in [3.05, 3.63) is 0 Å². The fraction of sp³-hybridized carbons (Fsp3) is 1.00. The van der Waals surface area contributed by atoms with Crippen LogP contribution < -0.4 is 5.32 Å². The molecule has 1 aliphatic heterocycles. The van der Waals surface area contributed by atoms with E-state index in [1.807, 2.05) is 0 Å². The van der Waals surface area contributed by atoms with Crippen LogP contribution in [0.2, 0.25) is 0 Å². The van der Waals surface area contributed by atoms with Crippen LogP contribution >= 0.6 is 0 Å². The lowest BCUT2D eigenvalue weighted by molar-refractivity contribution is 0.0766. The molecule has 0 aromatic heterocycles. The van der Waals surface area contributed by atoms with Gasteiger partial charge in [0, 0.05) is 18.6 Å². The number of piperidine rings is 1. The molecule has 112 valence electrons. The monoisotopic (exact) mass is 266 g/mol. The Hall–Kier alpha value is -0.0800. The smallest absolute Gasteiger partial charge is 0.00966 e. The molecule has 2 nitrogen and oxygen atoms in total. The van der Waals surface area contributed by atoms with Gasteiger partial charge in [-0.15, -0.1) is 0 Å². The van der Waals surface area contributed by atoms with Crippen LogP contribution in [0.4, 0.5) is 0 Å². The van der Waals surface area contributed by atoms with Crippen LogP contribution in [0.15, 0.2) is 0 Å². The summed E-state index contributed by atoms with van der Waals surface area (Å²) in [5.74, 6) is 2.85. The van der Waals surface area contributed by atoms with Gasteiger partial charge in [-0.1, -0.05) is 26.2 Å². The summed E-state index contributed by atoms with van der Waals surface area (Å²) in [6, 6.07) is 0. The van der Waals surface area contributed by atoms with Gasteiger partial charge in [0.1, 0.15) is 0 Å². The summed E-state index contributed by atoms with van der Waals surface area (Å²) >= 11 is 0. The minimum Gasteiger partial charge on any atom is -0.312 e. The third kappa shape index (κ3) is 5.07. The molecule has 1 saturated heterocycles. The van der Waals surface area contributed by atoms with Crippen molar-refractivity contribution in [1.82, 2.24) is 10.2 Å². The predicted octanol–water partition coefficient (Wildman–Crippen LogP) is 3.52. The second-order valence-electron chi connectivity index (χ2n) is 8.09. The summed E-state index contributed by atoms with van der Waals surface area (Å²) in [6.45, 7) is 14.3. The van der Waals surface area contributed by atoms with Crippen molar-refractivity contribution in [2.75, 3.05) is 26.2 Å². The van der Waals surface area contributed by atoms with Gasteiger partial charge >= 0.3 is 0 Å². The molecule has 2 heteroatoms. The molecule has 0 aromatic rings. The van der Waals surface area contributed by atoms with Gasteiger partial charge in [-0.3, -0.25) is 0 Å². The second kappa shape index (κ2) is 6.58. The maximum Gasteiger partial charge on any atom is 0.00966 e. The summed E-state index contributed by atoms with van der Waals surface area (Å²) in [6.07, 6.45) is 7.45. The lowest BCUT2D eigenvalue weighted by atomic mass is 9.75. The van der Waals surface area contributed by atoms with Crippen molar-refractivity contribution in [3.8, 4) is 0 Å². The Labute approximate surface area is 120 Å². The zero-order valence-corrected chi connectivity index (χ0v) is 13.5. The van der Waals surface area contributed by atoms with Crippen LogP contribution in [0, 0.1) is 17.8 Å². The van der Waals surface area contributed by atoms with Crippen LogP contribution in [0.5, 0.6) is 0 Å². The van der Waals surface area contributed by atoms with E-state index in [0.717, 1.165) is 24.3 Å². The zero-order valence-electron chi connectivity index (χ0n) is 13.5. The Morgan fingerprint density at radius 3 is 2.47 bits per heavy atom. The van der Waals surface area contributed by atoms with E-state index in [2.05, 4.69) is 37.9 Å². The zero-order chi connectivity index (χ0) is 13.9. The number of hydrogen-bond acceptors (Lipinski definition) is 2. The highest BCUT2D eigenvalue weighted by molar-refractivity contribution is 4.84. The number of nitrogens with one attached hydrogen (secondary N) is 1. The van der Waals surface area contributed by atoms with Gasteiger partial charge in [0.2, 0.25) is 0 Å². The summed E-state index contributed by atoms with van der Waals surface area (Å²) in [5.41, 5.74) is 0.255. The molecule has 1 N–H and O–H groups in total. The van der Waals surface area contributed by atoms with Gasteiger partial charge in [-0.25, -0.2) is 0 Å². The summed E-state index contributed by atoms with van der Waals surface area (Å²) in [5, 5.41) is 3.64. The van der Waals surface area contributed by atoms with Crippen LogP contribution in [-0.4, -0.2) is 36.6 Å². The van der Waals surface area contributed by atoms with Gasteiger partial charge in [0.25, 0.3) is 0 Å². The number of rotatable bonds is 4. The van der Waals surface area contributed by atoms with E-state index in [0.29, 0.717) is 0 Å². The van der Waals surface area contributed by atoms with E-state index in [1.165, 1.54) is 51.7 Å². The van der Waals surface area contributed by atoms with Crippen molar-refractivity contribution >= 4 is 0 Å². The average Bonchev–Trinajstić information content (AvgIpc) is 2.35. The fourth-order valence-electron chi connectivity index (χ4n) is 3.83. The predicted molar refractivity (Wildman–Crippen MR) is 83.4 cm³/mol. The molecule has 0 radical (unpaired) electrons. The molecule has 19 heavy (non-hydrogen) atoms. The quantitative estimate of drug-likeness (QED) is 0.837.